The lowest BCUT2D eigenvalue weighted by molar-refractivity contribution is 0.183. The molecule has 21 heavy (non-hydrogen) atoms. The van der Waals surface area contributed by atoms with Crippen LogP contribution in [0.25, 0.3) is 0 Å². The van der Waals surface area contributed by atoms with Gasteiger partial charge in [0.25, 0.3) is 0 Å². The summed E-state index contributed by atoms with van der Waals surface area (Å²) in [5.41, 5.74) is 11.9. The monoisotopic (exact) mass is 280 g/mol. The highest BCUT2D eigenvalue weighted by atomic mass is 15.2. The van der Waals surface area contributed by atoms with Gasteiger partial charge >= 0.3 is 0 Å². The summed E-state index contributed by atoms with van der Waals surface area (Å²) in [5, 5.41) is 0. The highest BCUT2D eigenvalue weighted by Gasteiger charge is 2.24. The average Bonchev–Trinajstić information content (AvgIpc) is 2.56. The van der Waals surface area contributed by atoms with Gasteiger partial charge in [-0.05, 0) is 35.1 Å². The van der Waals surface area contributed by atoms with Gasteiger partial charge in [0.05, 0.1) is 0 Å². The number of aryl methyl sites for hydroxylation is 1. The molecule has 0 aromatic heterocycles. The molecule has 2 heteroatoms. The van der Waals surface area contributed by atoms with Crippen molar-refractivity contribution in [2.75, 3.05) is 13.1 Å². The maximum Gasteiger partial charge on any atom is 0.0476 e. The Bertz CT molecular complexity index is 606. The molecule has 0 fully saturated rings. The summed E-state index contributed by atoms with van der Waals surface area (Å²) in [6.45, 7) is 5.00. The van der Waals surface area contributed by atoms with Crippen LogP contribution in [0.4, 0.5) is 0 Å². The molecule has 0 bridgehead atoms. The summed E-state index contributed by atoms with van der Waals surface area (Å²) in [4.78, 5) is 2.54. The van der Waals surface area contributed by atoms with Crippen LogP contribution >= 0.6 is 0 Å². The summed E-state index contributed by atoms with van der Waals surface area (Å²) in [6, 6.07) is 17.9. The van der Waals surface area contributed by atoms with E-state index in [2.05, 4.69) is 60.4 Å². The van der Waals surface area contributed by atoms with Gasteiger partial charge in [-0.2, -0.15) is 0 Å². The zero-order valence-corrected chi connectivity index (χ0v) is 12.8. The molecule has 1 unspecified atom stereocenters. The maximum absolute atomic E-state index is 6.14. The van der Waals surface area contributed by atoms with Gasteiger partial charge < -0.3 is 5.73 Å². The molecule has 0 radical (unpaired) electrons. The molecule has 1 aliphatic heterocycles. The van der Waals surface area contributed by atoms with Crippen molar-refractivity contribution < 1.29 is 0 Å². The predicted molar refractivity (Wildman–Crippen MR) is 88.2 cm³/mol. The van der Waals surface area contributed by atoms with E-state index in [9.17, 15) is 0 Å². The summed E-state index contributed by atoms with van der Waals surface area (Å²) in [7, 11) is 0. The number of rotatable bonds is 4. The highest BCUT2D eigenvalue weighted by Crippen LogP contribution is 2.29. The van der Waals surface area contributed by atoms with Crippen LogP contribution in [0.5, 0.6) is 0 Å². The van der Waals surface area contributed by atoms with Crippen molar-refractivity contribution in [3.05, 3.63) is 70.8 Å². The zero-order valence-electron chi connectivity index (χ0n) is 12.8. The molecule has 2 N–H and O–H groups in total. The number of hydrogen-bond donors (Lipinski definition) is 1. The van der Waals surface area contributed by atoms with Crippen molar-refractivity contribution in [2.24, 2.45) is 5.73 Å². The number of hydrogen-bond acceptors (Lipinski definition) is 2. The van der Waals surface area contributed by atoms with Crippen LogP contribution in [0.1, 0.15) is 35.2 Å². The van der Waals surface area contributed by atoms with Crippen molar-refractivity contribution in [2.45, 2.75) is 32.4 Å². The van der Waals surface area contributed by atoms with Crippen LogP contribution in [0, 0.1) is 0 Å². The molecule has 1 aliphatic rings. The van der Waals surface area contributed by atoms with E-state index in [0.717, 1.165) is 25.9 Å². The second kappa shape index (κ2) is 6.42. The first-order chi connectivity index (χ1) is 10.3. The molecule has 1 atom stereocenters. The van der Waals surface area contributed by atoms with Crippen molar-refractivity contribution >= 4 is 0 Å². The second-order valence-corrected chi connectivity index (χ2v) is 5.79. The fraction of sp³-hybridized carbons (Fsp3) is 0.368. The minimum Gasteiger partial charge on any atom is -0.329 e. The predicted octanol–water partition coefficient (Wildman–Crippen LogP) is 3.31. The average molecular weight is 280 g/mol. The molecule has 2 aromatic carbocycles. The van der Waals surface area contributed by atoms with Crippen molar-refractivity contribution in [3.63, 3.8) is 0 Å². The van der Waals surface area contributed by atoms with Crippen molar-refractivity contribution in [1.82, 2.24) is 4.90 Å². The third-order valence-electron chi connectivity index (χ3n) is 4.62. The van der Waals surface area contributed by atoms with Gasteiger partial charge in [0, 0.05) is 25.7 Å². The third-order valence-corrected chi connectivity index (χ3v) is 4.62. The van der Waals surface area contributed by atoms with Crippen molar-refractivity contribution in [3.8, 4) is 0 Å². The van der Waals surface area contributed by atoms with Crippen LogP contribution in [0.3, 0.4) is 0 Å². The largest absolute Gasteiger partial charge is 0.329 e. The van der Waals surface area contributed by atoms with Gasteiger partial charge in [0.2, 0.25) is 0 Å². The molecule has 0 saturated carbocycles. The minimum absolute atomic E-state index is 0.328. The lowest BCUT2D eigenvalue weighted by Gasteiger charge is -2.36. The molecule has 110 valence electrons. The smallest absolute Gasteiger partial charge is 0.0476 e. The molecule has 1 heterocycles. The molecule has 0 spiro atoms. The number of fused-ring (bicyclic) bond motifs is 1. The standard InChI is InChI=1S/C19H24N2/c1-2-15-7-5-6-10-18(15)19(13-20)21-12-11-16-8-3-4-9-17(16)14-21/h3-10,19H,2,11-14,20H2,1H3. The Morgan fingerprint density at radius 1 is 1.05 bits per heavy atom. The van der Waals surface area contributed by atoms with Gasteiger partial charge in [0.15, 0.2) is 0 Å². The number of benzene rings is 2. The van der Waals surface area contributed by atoms with E-state index in [1.807, 2.05) is 0 Å². The van der Waals surface area contributed by atoms with Gasteiger partial charge in [-0.3, -0.25) is 4.90 Å². The first-order valence-corrected chi connectivity index (χ1v) is 7.92. The van der Waals surface area contributed by atoms with E-state index in [-0.39, 0.29) is 0 Å². The molecule has 2 aromatic rings. The van der Waals surface area contributed by atoms with Crippen molar-refractivity contribution in [1.29, 1.82) is 0 Å². The quantitative estimate of drug-likeness (QED) is 0.931. The Morgan fingerprint density at radius 2 is 1.76 bits per heavy atom. The molecule has 3 rings (SSSR count). The molecule has 0 amide bonds. The van der Waals surface area contributed by atoms with Crippen LogP contribution in [-0.2, 0) is 19.4 Å². The van der Waals surface area contributed by atoms with E-state index in [1.54, 1.807) is 0 Å². The van der Waals surface area contributed by atoms with Crippen LogP contribution < -0.4 is 5.73 Å². The SMILES string of the molecule is CCc1ccccc1C(CN)N1CCc2ccccc2C1. The fourth-order valence-electron chi connectivity index (χ4n) is 3.44. The van der Waals surface area contributed by atoms with Gasteiger partial charge in [0.1, 0.15) is 0 Å². The summed E-state index contributed by atoms with van der Waals surface area (Å²) >= 11 is 0. The normalized spacial score (nSPS) is 16.5. The Morgan fingerprint density at radius 3 is 2.52 bits per heavy atom. The van der Waals surface area contributed by atoms with Crippen LogP contribution in [0.2, 0.25) is 0 Å². The second-order valence-electron chi connectivity index (χ2n) is 5.79. The number of nitrogens with zero attached hydrogens (tertiary/aromatic N) is 1. The molecule has 0 saturated heterocycles. The van der Waals surface area contributed by atoms with E-state index < -0.39 is 0 Å². The molecule has 2 nitrogen and oxygen atoms in total. The highest BCUT2D eigenvalue weighted by molar-refractivity contribution is 5.33. The first kappa shape index (κ1) is 14.3. The van der Waals surface area contributed by atoms with E-state index in [0.29, 0.717) is 12.6 Å². The molecular weight excluding hydrogens is 256 g/mol. The molecular formula is C19H24N2. The Kier molecular flexibility index (Phi) is 4.37. The summed E-state index contributed by atoms with van der Waals surface area (Å²) < 4.78 is 0. The third kappa shape index (κ3) is 2.87. The van der Waals surface area contributed by atoms with Gasteiger partial charge in [-0.25, -0.2) is 0 Å². The topological polar surface area (TPSA) is 29.3 Å². The fourth-order valence-corrected chi connectivity index (χ4v) is 3.44. The Labute approximate surface area is 127 Å². The van der Waals surface area contributed by atoms with Gasteiger partial charge in [-0.1, -0.05) is 55.5 Å². The summed E-state index contributed by atoms with van der Waals surface area (Å²) in [6.07, 6.45) is 2.19. The van der Waals surface area contributed by atoms with Gasteiger partial charge in [-0.15, -0.1) is 0 Å². The summed E-state index contributed by atoms with van der Waals surface area (Å²) in [5.74, 6) is 0. The molecule has 0 aliphatic carbocycles. The first-order valence-electron chi connectivity index (χ1n) is 7.92. The minimum atomic E-state index is 0.328. The van der Waals surface area contributed by atoms with E-state index in [4.69, 9.17) is 5.73 Å². The lowest BCUT2D eigenvalue weighted by atomic mass is 9.93. The van der Waals surface area contributed by atoms with Crippen LogP contribution in [-0.4, -0.2) is 18.0 Å². The Hall–Kier alpha value is -1.64. The lowest BCUT2D eigenvalue weighted by Crippen LogP contribution is -2.38. The zero-order chi connectivity index (χ0) is 14.7. The van der Waals surface area contributed by atoms with Crippen LogP contribution in [0.15, 0.2) is 48.5 Å². The Balaban J connectivity index is 1.88. The van der Waals surface area contributed by atoms with E-state index in [1.165, 1.54) is 22.3 Å². The van der Waals surface area contributed by atoms with E-state index >= 15 is 0 Å². The number of nitrogens with two attached hydrogens (primary N) is 1. The maximum atomic E-state index is 6.14.